The van der Waals surface area contributed by atoms with Crippen LogP contribution in [0.2, 0.25) is 5.02 Å². The largest absolute Gasteiger partial charge is 0.496 e. The summed E-state index contributed by atoms with van der Waals surface area (Å²) >= 11 is 6.32. The number of nitrogens with one attached hydrogen (secondary N) is 1. The third-order valence-corrected chi connectivity index (χ3v) is 4.85. The van der Waals surface area contributed by atoms with Crippen LogP contribution in [0.3, 0.4) is 0 Å². The molecular formula is C20H25ClN2O. The van der Waals surface area contributed by atoms with Crippen LogP contribution < -0.4 is 10.1 Å². The number of rotatable bonds is 4. The Morgan fingerprint density at radius 2 is 1.88 bits per heavy atom. The van der Waals surface area contributed by atoms with Gasteiger partial charge in [0, 0.05) is 30.2 Å². The van der Waals surface area contributed by atoms with Crippen LogP contribution in [0.5, 0.6) is 5.75 Å². The van der Waals surface area contributed by atoms with Crippen molar-refractivity contribution in [3.05, 3.63) is 64.2 Å². The summed E-state index contributed by atoms with van der Waals surface area (Å²) in [6.45, 7) is 6.26. The first-order valence-corrected chi connectivity index (χ1v) is 8.91. The van der Waals surface area contributed by atoms with Crippen molar-refractivity contribution in [1.82, 2.24) is 10.2 Å². The van der Waals surface area contributed by atoms with E-state index in [-0.39, 0.29) is 6.04 Å². The fourth-order valence-corrected chi connectivity index (χ4v) is 3.56. The van der Waals surface area contributed by atoms with Gasteiger partial charge in [0.2, 0.25) is 0 Å². The molecule has 3 rings (SSSR count). The molecule has 128 valence electrons. The molecule has 1 aliphatic rings. The molecule has 1 unspecified atom stereocenters. The molecule has 3 nitrogen and oxygen atoms in total. The van der Waals surface area contributed by atoms with Crippen molar-refractivity contribution in [2.24, 2.45) is 0 Å². The van der Waals surface area contributed by atoms with E-state index < -0.39 is 0 Å². The zero-order valence-corrected chi connectivity index (χ0v) is 15.1. The number of ether oxygens (including phenoxy) is 1. The van der Waals surface area contributed by atoms with E-state index in [0.29, 0.717) is 0 Å². The number of methoxy groups -OCH3 is 1. The third kappa shape index (κ3) is 3.92. The predicted molar refractivity (Wildman–Crippen MR) is 100 cm³/mol. The summed E-state index contributed by atoms with van der Waals surface area (Å²) in [6.07, 6.45) is 1.14. The quantitative estimate of drug-likeness (QED) is 0.905. The van der Waals surface area contributed by atoms with Crippen molar-refractivity contribution in [2.45, 2.75) is 19.4 Å². The summed E-state index contributed by atoms with van der Waals surface area (Å²) < 4.78 is 5.65. The third-order valence-electron chi connectivity index (χ3n) is 4.62. The van der Waals surface area contributed by atoms with Crippen LogP contribution in [0, 0.1) is 6.92 Å². The lowest BCUT2D eigenvalue weighted by Gasteiger charge is -2.32. The van der Waals surface area contributed by atoms with Gasteiger partial charge in [-0.25, -0.2) is 0 Å². The number of halogens is 1. The van der Waals surface area contributed by atoms with Crippen LogP contribution in [-0.2, 0) is 0 Å². The molecule has 1 saturated heterocycles. The second-order valence-corrected chi connectivity index (χ2v) is 6.78. The van der Waals surface area contributed by atoms with E-state index in [4.69, 9.17) is 16.3 Å². The maximum atomic E-state index is 6.32. The monoisotopic (exact) mass is 344 g/mol. The van der Waals surface area contributed by atoms with Gasteiger partial charge in [0.05, 0.1) is 13.2 Å². The second-order valence-electron chi connectivity index (χ2n) is 6.34. The van der Waals surface area contributed by atoms with Crippen LogP contribution in [-0.4, -0.2) is 38.2 Å². The molecular weight excluding hydrogens is 320 g/mol. The SMILES string of the molecule is COc1ccc(Cl)cc1C(c1ccc(C)cc1)N1CCCNCC1. The van der Waals surface area contributed by atoms with Gasteiger partial charge in [-0.15, -0.1) is 0 Å². The molecule has 2 aromatic rings. The molecule has 0 saturated carbocycles. The van der Waals surface area contributed by atoms with E-state index >= 15 is 0 Å². The minimum atomic E-state index is 0.152. The summed E-state index contributed by atoms with van der Waals surface area (Å²) in [5, 5.41) is 4.23. The molecule has 0 aromatic heterocycles. The summed E-state index contributed by atoms with van der Waals surface area (Å²) in [6, 6.07) is 14.8. The normalized spacial score (nSPS) is 17.3. The van der Waals surface area contributed by atoms with E-state index in [1.807, 2.05) is 18.2 Å². The predicted octanol–water partition coefficient (Wildman–Crippen LogP) is 4.04. The molecule has 0 aliphatic carbocycles. The van der Waals surface area contributed by atoms with Gasteiger partial charge >= 0.3 is 0 Å². The molecule has 0 amide bonds. The minimum absolute atomic E-state index is 0.152. The van der Waals surface area contributed by atoms with Crippen LogP contribution in [0.1, 0.15) is 29.2 Å². The standard InChI is InChI=1S/C20H25ClN2O/c1-15-4-6-16(7-5-15)20(23-12-3-10-22-11-13-23)18-14-17(21)8-9-19(18)24-2/h4-9,14,20,22H,3,10-13H2,1-2H3. The summed E-state index contributed by atoms with van der Waals surface area (Å²) in [5.41, 5.74) is 3.69. The first-order valence-electron chi connectivity index (χ1n) is 8.54. The van der Waals surface area contributed by atoms with Gasteiger partial charge < -0.3 is 10.1 Å². The molecule has 0 bridgehead atoms. The summed E-state index contributed by atoms with van der Waals surface area (Å²) in [7, 11) is 1.73. The fourth-order valence-electron chi connectivity index (χ4n) is 3.38. The van der Waals surface area contributed by atoms with Crippen molar-refractivity contribution < 1.29 is 4.74 Å². The molecule has 1 fully saturated rings. The summed E-state index contributed by atoms with van der Waals surface area (Å²) in [4.78, 5) is 2.53. The number of aryl methyl sites for hydroxylation is 1. The van der Waals surface area contributed by atoms with Crippen LogP contribution in [0.15, 0.2) is 42.5 Å². The van der Waals surface area contributed by atoms with E-state index in [0.717, 1.165) is 48.9 Å². The number of hydrogen-bond acceptors (Lipinski definition) is 3. The molecule has 1 aliphatic heterocycles. The topological polar surface area (TPSA) is 24.5 Å². The summed E-state index contributed by atoms with van der Waals surface area (Å²) in [5.74, 6) is 0.891. The first-order chi connectivity index (χ1) is 11.7. The Hall–Kier alpha value is -1.55. The molecule has 1 N–H and O–H groups in total. The van der Waals surface area contributed by atoms with E-state index in [2.05, 4.69) is 41.4 Å². The molecule has 0 spiro atoms. The minimum Gasteiger partial charge on any atom is -0.496 e. The Kier molecular flexibility index (Phi) is 5.77. The molecule has 24 heavy (non-hydrogen) atoms. The lowest BCUT2D eigenvalue weighted by molar-refractivity contribution is 0.236. The maximum Gasteiger partial charge on any atom is 0.124 e. The fraction of sp³-hybridized carbons (Fsp3) is 0.400. The van der Waals surface area contributed by atoms with Gasteiger partial charge in [0.1, 0.15) is 5.75 Å². The average Bonchev–Trinajstić information content (AvgIpc) is 2.86. The van der Waals surface area contributed by atoms with Crippen LogP contribution in [0.25, 0.3) is 0 Å². The molecule has 2 aromatic carbocycles. The van der Waals surface area contributed by atoms with Gasteiger partial charge in [-0.3, -0.25) is 4.90 Å². The second kappa shape index (κ2) is 8.02. The Bertz CT molecular complexity index is 664. The smallest absolute Gasteiger partial charge is 0.124 e. The van der Waals surface area contributed by atoms with Crippen molar-refractivity contribution in [3.63, 3.8) is 0 Å². The van der Waals surface area contributed by atoms with Crippen molar-refractivity contribution >= 4 is 11.6 Å². The lowest BCUT2D eigenvalue weighted by atomic mass is 9.95. The highest BCUT2D eigenvalue weighted by Gasteiger charge is 2.26. The van der Waals surface area contributed by atoms with Gasteiger partial charge in [-0.2, -0.15) is 0 Å². The van der Waals surface area contributed by atoms with Crippen LogP contribution >= 0.6 is 11.6 Å². The van der Waals surface area contributed by atoms with Crippen LogP contribution in [0.4, 0.5) is 0 Å². The highest BCUT2D eigenvalue weighted by atomic mass is 35.5. The lowest BCUT2D eigenvalue weighted by Crippen LogP contribution is -2.33. The Morgan fingerprint density at radius 3 is 2.62 bits per heavy atom. The zero-order chi connectivity index (χ0) is 16.9. The molecule has 0 radical (unpaired) electrons. The Balaban J connectivity index is 2.07. The zero-order valence-electron chi connectivity index (χ0n) is 14.4. The van der Waals surface area contributed by atoms with E-state index in [1.54, 1.807) is 7.11 Å². The maximum absolute atomic E-state index is 6.32. The number of hydrogen-bond donors (Lipinski definition) is 1. The molecule has 1 atom stereocenters. The number of nitrogens with zero attached hydrogens (tertiary/aromatic N) is 1. The van der Waals surface area contributed by atoms with Crippen molar-refractivity contribution in [2.75, 3.05) is 33.3 Å². The Labute approximate surface area is 149 Å². The van der Waals surface area contributed by atoms with Gasteiger partial charge in [-0.1, -0.05) is 41.4 Å². The van der Waals surface area contributed by atoms with Gasteiger partial charge in [-0.05, 0) is 43.7 Å². The highest BCUT2D eigenvalue weighted by molar-refractivity contribution is 6.30. The van der Waals surface area contributed by atoms with E-state index in [9.17, 15) is 0 Å². The van der Waals surface area contributed by atoms with Gasteiger partial charge in [0.25, 0.3) is 0 Å². The first kappa shape index (κ1) is 17.3. The Morgan fingerprint density at radius 1 is 1.08 bits per heavy atom. The van der Waals surface area contributed by atoms with Crippen molar-refractivity contribution in [1.29, 1.82) is 0 Å². The molecule has 4 heteroatoms. The van der Waals surface area contributed by atoms with Crippen molar-refractivity contribution in [3.8, 4) is 5.75 Å². The number of benzene rings is 2. The molecule has 1 heterocycles. The highest BCUT2D eigenvalue weighted by Crippen LogP contribution is 2.36. The average molecular weight is 345 g/mol. The van der Waals surface area contributed by atoms with Gasteiger partial charge in [0.15, 0.2) is 0 Å². The van der Waals surface area contributed by atoms with E-state index in [1.165, 1.54) is 11.1 Å².